The molecule has 4 rings (SSSR count). The van der Waals surface area contributed by atoms with E-state index in [-0.39, 0.29) is 29.4 Å². The lowest BCUT2D eigenvalue weighted by Crippen LogP contribution is -2.53. The van der Waals surface area contributed by atoms with Crippen molar-refractivity contribution in [2.45, 2.75) is 122 Å². The molecule has 1 aliphatic heterocycles. The van der Waals surface area contributed by atoms with Crippen molar-refractivity contribution in [1.29, 1.82) is 5.26 Å². The van der Waals surface area contributed by atoms with Gasteiger partial charge < -0.3 is 30.0 Å². The number of rotatable bonds is 13. The molecule has 3 N–H and O–H groups in total. The molecule has 2 aliphatic rings. The lowest BCUT2D eigenvalue weighted by molar-refractivity contribution is -0.165. The van der Waals surface area contributed by atoms with E-state index in [0.29, 0.717) is 6.61 Å². The number of hydrogen-bond donors (Lipinski definition) is 2. The number of unbranched alkanes of at least 4 members (excludes halogenated alkanes) is 1. The molecule has 0 radical (unpaired) electrons. The van der Waals surface area contributed by atoms with Gasteiger partial charge in [-0.3, -0.25) is 14.4 Å². The summed E-state index contributed by atoms with van der Waals surface area (Å²) in [5.74, 6) is -1.54. The number of aromatic nitrogens is 3. The molecule has 14 heteroatoms. The highest BCUT2D eigenvalue weighted by molar-refractivity contribution is 5.98. The Balaban J connectivity index is 1.68. The van der Waals surface area contributed by atoms with Crippen molar-refractivity contribution >= 4 is 29.2 Å². The van der Waals surface area contributed by atoms with Gasteiger partial charge in [-0.2, -0.15) is 10.4 Å². The minimum absolute atomic E-state index is 0.0548. The lowest BCUT2D eigenvalue weighted by atomic mass is 9.81. The molecule has 258 valence electrons. The minimum Gasteiger partial charge on any atom is -0.463 e. The smallest absolute Gasteiger partial charge is 0.323 e. The number of ether oxygens (including phenoxy) is 4. The third kappa shape index (κ3) is 7.27. The lowest BCUT2D eigenvalue weighted by Gasteiger charge is -2.33. The van der Waals surface area contributed by atoms with Crippen LogP contribution in [0.3, 0.4) is 0 Å². The molecule has 0 aromatic carbocycles. The summed E-state index contributed by atoms with van der Waals surface area (Å²) >= 11 is 0. The van der Waals surface area contributed by atoms with Crippen molar-refractivity contribution in [1.82, 2.24) is 14.6 Å². The van der Waals surface area contributed by atoms with Crippen LogP contribution >= 0.6 is 0 Å². The van der Waals surface area contributed by atoms with E-state index in [9.17, 15) is 19.6 Å². The Kier molecular flexibility index (Phi) is 10.6. The van der Waals surface area contributed by atoms with Crippen LogP contribution in [0.2, 0.25) is 0 Å². The van der Waals surface area contributed by atoms with Crippen LogP contribution in [0.1, 0.15) is 92.7 Å². The molecular formula is C33H47FN6O7. The predicted octanol–water partition coefficient (Wildman–Crippen LogP) is 4.13. The van der Waals surface area contributed by atoms with Gasteiger partial charge in [0.15, 0.2) is 17.6 Å². The van der Waals surface area contributed by atoms with Crippen LogP contribution in [-0.2, 0) is 38.9 Å². The molecular weight excluding hydrogens is 611 g/mol. The summed E-state index contributed by atoms with van der Waals surface area (Å²) < 4.78 is 41.6. The molecule has 0 bridgehead atoms. The van der Waals surface area contributed by atoms with E-state index in [4.69, 9.17) is 24.7 Å². The van der Waals surface area contributed by atoms with Gasteiger partial charge in [0.05, 0.1) is 5.69 Å². The first-order chi connectivity index (χ1) is 22.0. The fraction of sp³-hybridized carbons (Fsp3) is 0.697. The second kappa shape index (κ2) is 13.8. The monoisotopic (exact) mass is 658 g/mol. The maximum atomic E-state index is 17.3. The Morgan fingerprint density at radius 1 is 1.26 bits per heavy atom. The number of nitrogens with one attached hydrogen (secondary N) is 1. The SMILES string of the molecule is CCCCOC(C)(C)C(=O)Nc1ncnn2c([C@]3(C#N)O[C@H](COC(=O)CC4CCC4)[C@@H](OC(=O)[C@@H](N)C(C)(C)C)[C@@]3(C)F)ccc12. The van der Waals surface area contributed by atoms with Gasteiger partial charge in [-0.25, -0.2) is 13.9 Å². The third-order valence-electron chi connectivity index (χ3n) is 9.12. The van der Waals surface area contributed by atoms with Crippen LogP contribution in [0.15, 0.2) is 18.5 Å². The normalized spacial score (nSPS) is 25.5. The van der Waals surface area contributed by atoms with Crippen molar-refractivity contribution in [2.75, 3.05) is 18.5 Å². The molecule has 2 aromatic rings. The van der Waals surface area contributed by atoms with E-state index in [1.807, 2.05) is 13.0 Å². The maximum Gasteiger partial charge on any atom is 0.323 e. The molecule has 0 spiro atoms. The van der Waals surface area contributed by atoms with Crippen molar-refractivity contribution in [3.05, 3.63) is 24.2 Å². The number of halogens is 1. The second-order valence-corrected chi connectivity index (χ2v) is 14.2. The standard InChI is InChI=1S/C33H47FN6O7/c1-8-9-15-45-31(5,6)29(43)39-27-21-13-14-23(40(21)38-19-37-27)33(18-35)32(7,34)26(46-28(42)25(36)30(2,3)4)22(47-33)17-44-24(41)16-20-11-10-12-20/h13-14,19-20,22,25-26H,8-12,15-17,36H2,1-7H3,(H,37,38,39,43)/t22-,25-,26-,32-,33+/m1/s1. The molecule has 47 heavy (non-hydrogen) atoms. The fourth-order valence-corrected chi connectivity index (χ4v) is 5.58. The Labute approximate surface area is 274 Å². The Morgan fingerprint density at radius 2 is 1.96 bits per heavy atom. The molecule has 13 nitrogen and oxygen atoms in total. The summed E-state index contributed by atoms with van der Waals surface area (Å²) in [6.07, 6.45) is 2.89. The zero-order valence-corrected chi connectivity index (χ0v) is 28.3. The van der Waals surface area contributed by atoms with Crippen molar-refractivity contribution in [2.24, 2.45) is 17.1 Å². The number of esters is 2. The zero-order chi connectivity index (χ0) is 34.8. The number of anilines is 1. The summed E-state index contributed by atoms with van der Waals surface area (Å²) in [5.41, 5.74) is -0.666. The highest BCUT2D eigenvalue weighted by atomic mass is 19.1. The maximum absolute atomic E-state index is 17.3. The first-order valence-corrected chi connectivity index (χ1v) is 16.2. The number of alkyl halides is 1. The van der Waals surface area contributed by atoms with E-state index in [0.717, 1.165) is 45.4 Å². The summed E-state index contributed by atoms with van der Waals surface area (Å²) in [4.78, 5) is 43.1. The zero-order valence-electron chi connectivity index (χ0n) is 28.3. The van der Waals surface area contributed by atoms with Crippen LogP contribution in [0.25, 0.3) is 5.52 Å². The Morgan fingerprint density at radius 3 is 2.55 bits per heavy atom. The molecule has 2 aromatic heterocycles. The van der Waals surface area contributed by atoms with Gasteiger partial charge in [0.2, 0.25) is 5.60 Å². The molecule has 1 aliphatic carbocycles. The summed E-state index contributed by atoms with van der Waals surface area (Å²) in [7, 11) is 0. The van der Waals surface area contributed by atoms with Crippen LogP contribution in [0, 0.1) is 22.7 Å². The first-order valence-electron chi connectivity index (χ1n) is 16.2. The van der Waals surface area contributed by atoms with Gasteiger partial charge in [0.1, 0.15) is 42.3 Å². The van der Waals surface area contributed by atoms with Crippen molar-refractivity contribution in [3.8, 4) is 6.07 Å². The first kappa shape index (κ1) is 36.2. The van der Waals surface area contributed by atoms with Gasteiger partial charge in [0.25, 0.3) is 5.91 Å². The quantitative estimate of drug-likeness (QED) is 0.233. The van der Waals surface area contributed by atoms with E-state index in [1.54, 1.807) is 34.6 Å². The van der Waals surface area contributed by atoms with Crippen LogP contribution in [-0.4, -0.2) is 75.2 Å². The van der Waals surface area contributed by atoms with E-state index in [1.165, 1.54) is 16.6 Å². The average molecular weight is 659 g/mol. The van der Waals surface area contributed by atoms with Crippen LogP contribution in [0.4, 0.5) is 10.2 Å². The van der Waals surface area contributed by atoms with Crippen molar-refractivity contribution in [3.63, 3.8) is 0 Å². The summed E-state index contributed by atoms with van der Waals surface area (Å²) in [6.45, 7) is 11.5. The predicted molar refractivity (Wildman–Crippen MR) is 168 cm³/mol. The average Bonchev–Trinajstić information content (AvgIpc) is 3.50. The molecule has 3 heterocycles. The number of nitriles is 1. The van der Waals surface area contributed by atoms with E-state index in [2.05, 4.69) is 15.4 Å². The number of hydrogen-bond acceptors (Lipinski definition) is 11. The molecule has 5 atom stereocenters. The van der Waals surface area contributed by atoms with Gasteiger partial charge in [-0.1, -0.05) is 40.5 Å². The number of amides is 1. The topological polar surface area (TPSA) is 180 Å². The highest BCUT2D eigenvalue weighted by Gasteiger charge is 2.69. The number of carbonyl (C=O) groups is 3. The second-order valence-electron chi connectivity index (χ2n) is 14.2. The summed E-state index contributed by atoms with van der Waals surface area (Å²) in [6, 6.07) is 3.77. The summed E-state index contributed by atoms with van der Waals surface area (Å²) in [5, 5.41) is 17.6. The Bertz CT molecular complexity index is 1510. The fourth-order valence-electron chi connectivity index (χ4n) is 5.58. The van der Waals surface area contributed by atoms with Gasteiger partial charge in [0, 0.05) is 13.0 Å². The van der Waals surface area contributed by atoms with Crippen LogP contribution < -0.4 is 11.1 Å². The van der Waals surface area contributed by atoms with Gasteiger partial charge >= 0.3 is 11.9 Å². The largest absolute Gasteiger partial charge is 0.463 e. The molecule has 1 saturated carbocycles. The van der Waals surface area contributed by atoms with E-state index < -0.39 is 65.0 Å². The molecule has 2 fully saturated rings. The molecule has 1 saturated heterocycles. The Hall–Kier alpha value is -3.67. The number of carbonyl (C=O) groups excluding carboxylic acids is 3. The van der Waals surface area contributed by atoms with Crippen molar-refractivity contribution < 1.29 is 37.7 Å². The third-order valence-corrected chi connectivity index (χ3v) is 9.12. The number of nitrogens with two attached hydrogens (primary N) is 1. The van der Waals surface area contributed by atoms with Crippen LogP contribution in [0.5, 0.6) is 0 Å². The number of nitrogens with zero attached hydrogens (tertiary/aromatic N) is 4. The van der Waals surface area contributed by atoms with Gasteiger partial charge in [-0.05, 0) is 63.5 Å². The van der Waals surface area contributed by atoms with E-state index >= 15 is 4.39 Å². The highest BCUT2D eigenvalue weighted by Crippen LogP contribution is 2.51. The molecule has 1 amide bonds. The molecule has 0 unspecified atom stereocenters. The minimum atomic E-state index is -2.70. The number of fused-ring (bicyclic) bond motifs is 1. The van der Waals surface area contributed by atoms with Gasteiger partial charge in [-0.15, -0.1) is 0 Å².